The number of anilines is 1. The zero-order chi connectivity index (χ0) is 15.6. The first-order valence-corrected chi connectivity index (χ1v) is 8.10. The average Bonchev–Trinajstić information content (AvgIpc) is 3.06. The number of hydrogen-bond donors (Lipinski definition) is 3. The van der Waals surface area contributed by atoms with Gasteiger partial charge in [-0.1, -0.05) is 25.0 Å². The van der Waals surface area contributed by atoms with Crippen LogP contribution in [0.2, 0.25) is 0 Å². The second-order valence-electron chi connectivity index (χ2n) is 5.67. The summed E-state index contributed by atoms with van der Waals surface area (Å²) in [6.45, 7) is 2.32. The minimum Gasteiger partial charge on any atom is -0.383 e. The molecule has 0 heterocycles. The zero-order valence-electron chi connectivity index (χ0n) is 14.1. The van der Waals surface area contributed by atoms with E-state index in [1.165, 1.54) is 31.2 Å². The van der Waals surface area contributed by atoms with Gasteiger partial charge in [-0.25, -0.2) is 0 Å². The molecule has 0 atom stereocenters. The molecule has 0 bridgehead atoms. The van der Waals surface area contributed by atoms with Gasteiger partial charge >= 0.3 is 0 Å². The monoisotopic (exact) mass is 432 g/mol. The molecule has 1 aliphatic rings. The van der Waals surface area contributed by atoms with Crippen LogP contribution in [0.3, 0.4) is 0 Å². The first-order chi connectivity index (χ1) is 10.8. The lowest BCUT2D eigenvalue weighted by Gasteiger charge is -2.17. The Morgan fingerprint density at radius 3 is 2.52 bits per heavy atom. The van der Waals surface area contributed by atoms with E-state index in [0.29, 0.717) is 12.6 Å². The molecule has 6 heteroatoms. The van der Waals surface area contributed by atoms with Gasteiger partial charge in [0, 0.05) is 39.0 Å². The van der Waals surface area contributed by atoms with E-state index in [1.807, 2.05) is 7.05 Å². The molecule has 0 aromatic heterocycles. The normalized spacial score (nSPS) is 15.1. The van der Waals surface area contributed by atoms with Gasteiger partial charge in [-0.2, -0.15) is 0 Å². The third-order valence-corrected chi connectivity index (χ3v) is 3.97. The van der Waals surface area contributed by atoms with E-state index in [4.69, 9.17) is 4.74 Å². The van der Waals surface area contributed by atoms with Crippen molar-refractivity contribution in [3.05, 3.63) is 29.8 Å². The van der Waals surface area contributed by atoms with Crippen LogP contribution in [-0.2, 0) is 11.3 Å². The van der Waals surface area contributed by atoms with Crippen LogP contribution < -0.4 is 16.0 Å². The highest BCUT2D eigenvalue weighted by Gasteiger charge is 2.15. The summed E-state index contributed by atoms with van der Waals surface area (Å²) in [5, 5.41) is 10.2. The largest absolute Gasteiger partial charge is 0.383 e. The Hall–Kier alpha value is -1.02. The maximum absolute atomic E-state index is 5.03. The standard InChI is InChI=1S/C17H28N4O.HI/c1-18-17(21-16-5-3-4-6-16)20-13-14-7-9-15(10-8-14)19-11-12-22-2;/h7-10,16,19H,3-6,11-13H2,1-2H3,(H2,18,20,21);1H. The SMILES string of the molecule is CN=C(NCc1ccc(NCCOC)cc1)NC1CCCC1.I. The van der Waals surface area contributed by atoms with Crippen molar-refractivity contribution >= 4 is 35.6 Å². The van der Waals surface area contributed by atoms with Gasteiger partial charge in [0.2, 0.25) is 0 Å². The third-order valence-electron chi connectivity index (χ3n) is 3.97. The Morgan fingerprint density at radius 2 is 1.91 bits per heavy atom. The third kappa shape index (κ3) is 7.39. The molecule has 1 saturated carbocycles. The highest BCUT2D eigenvalue weighted by atomic mass is 127. The summed E-state index contributed by atoms with van der Waals surface area (Å²) >= 11 is 0. The molecule has 3 N–H and O–H groups in total. The van der Waals surface area contributed by atoms with Crippen LogP contribution in [0.25, 0.3) is 0 Å². The first-order valence-electron chi connectivity index (χ1n) is 8.10. The Morgan fingerprint density at radius 1 is 1.22 bits per heavy atom. The van der Waals surface area contributed by atoms with Crippen molar-refractivity contribution < 1.29 is 4.74 Å². The number of hydrogen-bond acceptors (Lipinski definition) is 3. The molecular weight excluding hydrogens is 403 g/mol. The maximum atomic E-state index is 5.03. The van der Waals surface area contributed by atoms with Crippen LogP contribution >= 0.6 is 24.0 Å². The van der Waals surface area contributed by atoms with Crippen LogP contribution in [-0.4, -0.2) is 39.3 Å². The maximum Gasteiger partial charge on any atom is 0.191 e. The van der Waals surface area contributed by atoms with E-state index in [2.05, 4.69) is 45.2 Å². The fourth-order valence-electron chi connectivity index (χ4n) is 2.68. The predicted molar refractivity (Wildman–Crippen MR) is 108 cm³/mol. The number of benzene rings is 1. The van der Waals surface area contributed by atoms with Gasteiger partial charge in [0.05, 0.1) is 6.61 Å². The van der Waals surface area contributed by atoms with Crippen molar-refractivity contribution in [3.8, 4) is 0 Å². The molecule has 1 aliphatic carbocycles. The molecule has 0 saturated heterocycles. The summed E-state index contributed by atoms with van der Waals surface area (Å²) in [6, 6.07) is 9.04. The minimum atomic E-state index is 0. The summed E-state index contributed by atoms with van der Waals surface area (Å²) in [5.74, 6) is 0.897. The Bertz CT molecular complexity index is 458. The molecule has 0 aliphatic heterocycles. The van der Waals surface area contributed by atoms with Crippen molar-refractivity contribution in [1.29, 1.82) is 0 Å². The fraction of sp³-hybridized carbons (Fsp3) is 0.588. The van der Waals surface area contributed by atoms with Crippen molar-refractivity contribution in [2.24, 2.45) is 4.99 Å². The molecule has 5 nitrogen and oxygen atoms in total. The lowest BCUT2D eigenvalue weighted by Crippen LogP contribution is -2.41. The summed E-state index contributed by atoms with van der Waals surface area (Å²) in [4.78, 5) is 4.30. The topological polar surface area (TPSA) is 57.7 Å². The second kappa shape index (κ2) is 11.5. The second-order valence-corrected chi connectivity index (χ2v) is 5.67. The van der Waals surface area contributed by atoms with E-state index in [1.54, 1.807) is 7.11 Å². The highest BCUT2D eigenvalue weighted by Crippen LogP contribution is 2.17. The molecular formula is C17H29IN4O. The van der Waals surface area contributed by atoms with E-state index < -0.39 is 0 Å². The number of rotatable bonds is 7. The van der Waals surface area contributed by atoms with E-state index >= 15 is 0 Å². The number of nitrogens with zero attached hydrogens (tertiary/aromatic N) is 1. The predicted octanol–water partition coefficient (Wildman–Crippen LogP) is 2.97. The van der Waals surface area contributed by atoms with Crippen molar-refractivity contribution in [2.45, 2.75) is 38.3 Å². The summed E-state index contributed by atoms with van der Waals surface area (Å²) in [5.41, 5.74) is 2.36. The quantitative estimate of drug-likeness (QED) is 0.269. The van der Waals surface area contributed by atoms with Crippen LogP contribution in [0.5, 0.6) is 0 Å². The number of guanidine groups is 1. The van der Waals surface area contributed by atoms with Crippen molar-refractivity contribution in [2.75, 3.05) is 32.6 Å². The van der Waals surface area contributed by atoms with Crippen LogP contribution in [0.15, 0.2) is 29.3 Å². The van der Waals surface area contributed by atoms with Crippen molar-refractivity contribution in [3.63, 3.8) is 0 Å². The molecule has 2 rings (SSSR count). The summed E-state index contributed by atoms with van der Waals surface area (Å²) in [6.07, 6.45) is 5.16. The molecule has 1 fully saturated rings. The smallest absolute Gasteiger partial charge is 0.191 e. The van der Waals surface area contributed by atoms with Gasteiger partial charge in [-0.15, -0.1) is 24.0 Å². The van der Waals surface area contributed by atoms with Gasteiger partial charge in [-0.3, -0.25) is 4.99 Å². The van der Waals surface area contributed by atoms with E-state index in [9.17, 15) is 0 Å². The van der Waals surface area contributed by atoms with Gasteiger partial charge in [0.1, 0.15) is 0 Å². The van der Waals surface area contributed by atoms with Gasteiger partial charge in [0.15, 0.2) is 5.96 Å². The summed E-state index contributed by atoms with van der Waals surface area (Å²) in [7, 11) is 3.54. The molecule has 0 unspecified atom stereocenters. The van der Waals surface area contributed by atoms with Gasteiger partial charge < -0.3 is 20.7 Å². The molecule has 0 spiro atoms. The van der Waals surface area contributed by atoms with Crippen molar-refractivity contribution in [1.82, 2.24) is 10.6 Å². The number of ether oxygens (including phenoxy) is 1. The van der Waals surface area contributed by atoms with Gasteiger partial charge in [0.25, 0.3) is 0 Å². The molecule has 0 amide bonds. The highest BCUT2D eigenvalue weighted by molar-refractivity contribution is 14.0. The zero-order valence-corrected chi connectivity index (χ0v) is 16.4. The lowest BCUT2D eigenvalue weighted by atomic mass is 10.2. The Balaban J connectivity index is 0.00000264. The van der Waals surface area contributed by atoms with E-state index in [-0.39, 0.29) is 24.0 Å². The lowest BCUT2D eigenvalue weighted by molar-refractivity contribution is 0.211. The number of methoxy groups -OCH3 is 1. The van der Waals surface area contributed by atoms with Crippen LogP contribution in [0.4, 0.5) is 5.69 Å². The first kappa shape index (κ1) is 20.0. The molecule has 1 aromatic carbocycles. The van der Waals surface area contributed by atoms with Crippen LogP contribution in [0.1, 0.15) is 31.2 Å². The number of nitrogens with one attached hydrogen (secondary N) is 3. The fourth-order valence-corrected chi connectivity index (χ4v) is 2.68. The molecule has 23 heavy (non-hydrogen) atoms. The Labute approximate surface area is 156 Å². The number of aliphatic imine (C=N–C) groups is 1. The van der Waals surface area contributed by atoms with Gasteiger partial charge in [-0.05, 0) is 30.5 Å². The molecule has 130 valence electrons. The molecule has 1 aromatic rings. The molecule has 0 radical (unpaired) electrons. The minimum absolute atomic E-state index is 0. The van der Waals surface area contributed by atoms with E-state index in [0.717, 1.165) is 24.7 Å². The Kier molecular flexibility index (Phi) is 10.0. The summed E-state index contributed by atoms with van der Waals surface area (Å²) < 4.78 is 5.03. The number of halogens is 1. The van der Waals surface area contributed by atoms with Crippen LogP contribution in [0, 0.1) is 0 Å². The average molecular weight is 432 g/mol.